The first-order valence-corrected chi connectivity index (χ1v) is 8.25. The van der Waals surface area contributed by atoms with Crippen molar-refractivity contribution >= 4 is 19.1 Å². The van der Waals surface area contributed by atoms with Crippen molar-refractivity contribution in [1.29, 1.82) is 0 Å². The first-order chi connectivity index (χ1) is 11.6. The highest BCUT2D eigenvalue weighted by Crippen LogP contribution is 2.38. The van der Waals surface area contributed by atoms with Crippen LogP contribution in [-0.2, 0) is 20.7 Å². The molecule has 1 aromatic rings. The molecular formula is C18H25BFNO4. The lowest BCUT2D eigenvalue weighted by molar-refractivity contribution is -0.118. The van der Waals surface area contributed by atoms with Crippen LogP contribution in [0, 0.1) is 5.82 Å². The number of carbonyl (C=O) groups excluding carboxylic acids is 1. The number of nitrogens with one attached hydrogen (secondary N) is 1. The van der Waals surface area contributed by atoms with Crippen molar-refractivity contribution in [2.24, 2.45) is 0 Å². The molecule has 0 unspecified atom stereocenters. The van der Waals surface area contributed by atoms with E-state index in [9.17, 15) is 14.3 Å². The highest BCUT2D eigenvalue weighted by atomic mass is 19.1. The number of rotatable bonds is 5. The maximum absolute atomic E-state index is 13.6. The van der Waals surface area contributed by atoms with E-state index in [1.165, 1.54) is 13.0 Å². The molecule has 0 bridgehead atoms. The first kappa shape index (κ1) is 19.6. The van der Waals surface area contributed by atoms with Crippen molar-refractivity contribution in [3.05, 3.63) is 40.6 Å². The lowest BCUT2D eigenvalue weighted by Crippen LogP contribution is -2.41. The number of aliphatic hydroxyl groups excluding tert-OH is 1. The van der Waals surface area contributed by atoms with Crippen LogP contribution in [0.25, 0.3) is 6.08 Å². The molecule has 136 valence electrons. The van der Waals surface area contributed by atoms with Crippen LogP contribution in [0.15, 0.2) is 23.7 Å². The van der Waals surface area contributed by atoms with Gasteiger partial charge in [0.15, 0.2) is 0 Å². The van der Waals surface area contributed by atoms with Crippen LogP contribution in [-0.4, -0.2) is 35.9 Å². The summed E-state index contributed by atoms with van der Waals surface area (Å²) in [5.74, 6) is -0.628. The Hall–Kier alpha value is -1.70. The summed E-state index contributed by atoms with van der Waals surface area (Å²) >= 11 is 0. The minimum Gasteiger partial charge on any atom is -0.400 e. The number of carbonyl (C=O) groups is 1. The van der Waals surface area contributed by atoms with E-state index >= 15 is 0 Å². The molecule has 0 atom stereocenters. The van der Waals surface area contributed by atoms with Crippen LogP contribution >= 0.6 is 0 Å². The summed E-state index contributed by atoms with van der Waals surface area (Å²) in [6.45, 7) is 9.10. The molecule has 7 heteroatoms. The van der Waals surface area contributed by atoms with E-state index in [-0.39, 0.29) is 24.6 Å². The van der Waals surface area contributed by atoms with Gasteiger partial charge in [0.2, 0.25) is 5.91 Å². The molecule has 1 amide bonds. The van der Waals surface area contributed by atoms with E-state index in [0.717, 1.165) is 0 Å². The second kappa shape index (κ2) is 7.27. The van der Waals surface area contributed by atoms with Gasteiger partial charge in [0.1, 0.15) is 5.82 Å². The van der Waals surface area contributed by atoms with Gasteiger partial charge in [0.25, 0.3) is 0 Å². The Bertz CT molecular complexity index is 672. The molecule has 5 nitrogen and oxygen atoms in total. The van der Waals surface area contributed by atoms with E-state index in [0.29, 0.717) is 11.0 Å². The Labute approximate surface area is 148 Å². The third-order valence-electron chi connectivity index (χ3n) is 4.69. The van der Waals surface area contributed by atoms with Crippen molar-refractivity contribution < 1.29 is 23.6 Å². The molecule has 0 aliphatic carbocycles. The van der Waals surface area contributed by atoms with Crippen LogP contribution in [0.2, 0.25) is 0 Å². The number of hydrogen-bond acceptors (Lipinski definition) is 4. The molecule has 0 spiro atoms. The lowest BCUT2D eigenvalue weighted by atomic mass is 9.77. The third kappa shape index (κ3) is 4.48. The molecule has 0 aromatic heterocycles. The predicted octanol–water partition coefficient (Wildman–Crippen LogP) is 2.47. The van der Waals surface area contributed by atoms with Gasteiger partial charge >= 0.3 is 7.12 Å². The van der Waals surface area contributed by atoms with Gasteiger partial charge in [-0.05, 0) is 50.9 Å². The second-order valence-electron chi connectivity index (χ2n) is 7.23. The van der Waals surface area contributed by atoms with E-state index < -0.39 is 24.1 Å². The quantitative estimate of drug-likeness (QED) is 0.802. The van der Waals surface area contributed by atoms with Crippen LogP contribution < -0.4 is 5.32 Å². The van der Waals surface area contributed by atoms with Crippen molar-refractivity contribution in [1.82, 2.24) is 5.32 Å². The fourth-order valence-electron chi connectivity index (χ4n) is 2.44. The summed E-state index contributed by atoms with van der Waals surface area (Å²) in [6, 6.07) is 4.47. The topological polar surface area (TPSA) is 67.8 Å². The van der Waals surface area contributed by atoms with Gasteiger partial charge < -0.3 is 19.7 Å². The molecule has 1 aliphatic rings. The van der Waals surface area contributed by atoms with Crippen LogP contribution in [0.4, 0.5) is 4.39 Å². The van der Waals surface area contributed by atoms with Gasteiger partial charge in [-0.25, -0.2) is 4.39 Å². The minimum atomic E-state index is -0.625. The summed E-state index contributed by atoms with van der Waals surface area (Å²) in [4.78, 5) is 11.3. The largest absolute Gasteiger partial charge is 0.492 e. The average molecular weight is 349 g/mol. The summed E-state index contributed by atoms with van der Waals surface area (Å²) in [5.41, 5.74) is 0.601. The predicted molar refractivity (Wildman–Crippen MR) is 95.1 cm³/mol. The highest BCUT2D eigenvalue weighted by Gasteiger charge is 2.52. The van der Waals surface area contributed by atoms with Crippen molar-refractivity contribution in [3.8, 4) is 0 Å². The van der Waals surface area contributed by atoms with Gasteiger partial charge in [-0.15, -0.1) is 0 Å². The maximum atomic E-state index is 13.6. The molecule has 1 aromatic carbocycles. The van der Waals surface area contributed by atoms with Crippen molar-refractivity contribution in [3.63, 3.8) is 0 Å². The van der Waals surface area contributed by atoms with E-state index in [1.807, 2.05) is 27.7 Å². The number of amides is 1. The molecule has 2 rings (SSSR count). The summed E-state index contributed by atoms with van der Waals surface area (Å²) in [5, 5.41) is 12.0. The van der Waals surface area contributed by atoms with Crippen molar-refractivity contribution in [2.45, 2.75) is 52.4 Å². The Balaban J connectivity index is 2.35. The van der Waals surface area contributed by atoms with Gasteiger partial charge in [0, 0.05) is 19.0 Å². The molecule has 2 N–H and O–H groups in total. The monoisotopic (exact) mass is 349 g/mol. The lowest BCUT2D eigenvalue weighted by Gasteiger charge is -2.32. The molecule has 1 saturated heterocycles. The normalized spacial score (nSPS) is 19.2. The zero-order valence-electron chi connectivity index (χ0n) is 15.4. The van der Waals surface area contributed by atoms with Crippen LogP contribution in [0.3, 0.4) is 0 Å². The van der Waals surface area contributed by atoms with E-state index in [4.69, 9.17) is 9.31 Å². The molecule has 1 fully saturated rings. The fraction of sp³-hybridized carbons (Fsp3) is 0.500. The molecule has 1 aliphatic heterocycles. The summed E-state index contributed by atoms with van der Waals surface area (Å²) in [6.07, 6.45) is 1.79. The molecule has 0 saturated carbocycles. The smallest absolute Gasteiger partial charge is 0.400 e. The number of aliphatic hydroxyl groups is 1. The van der Waals surface area contributed by atoms with Gasteiger partial charge in [-0.1, -0.05) is 12.1 Å². The Morgan fingerprint density at radius 2 is 1.88 bits per heavy atom. The fourth-order valence-corrected chi connectivity index (χ4v) is 2.44. The number of hydrogen-bond donors (Lipinski definition) is 2. The Morgan fingerprint density at radius 3 is 2.40 bits per heavy atom. The first-order valence-electron chi connectivity index (χ1n) is 8.25. The van der Waals surface area contributed by atoms with Crippen LogP contribution in [0.1, 0.15) is 45.7 Å². The minimum absolute atomic E-state index is 0.169. The standard InChI is InChI=1S/C18H25BFNO4/c1-12(23)21-10-15(19-24-17(2,3)18(4,5)25-19)9-13-6-7-16(20)14(8-13)11-22/h6-9,22H,10-11H2,1-5H3,(H,21,23). The third-order valence-corrected chi connectivity index (χ3v) is 4.69. The zero-order chi connectivity index (χ0) is 18.8. The number of halogens is 1. The molecule has 25 heavy (non-hydrogen) atoms. The molecule has 1 heterocycles. The SMILES string of the molecule is CC(=O)NCC(=Cc1ccc(F)c(CO)c1)B1OC(C)(C)C(C)(C)O1. The summed E-state index contributed by atoms with van der Waals surface area (Å²) < 4.78 is 25.7. The number of benzene rings is 1. The van der Waals surface area contributed by atoms with E-state index in [1.54, 1.807) is 18.2 Å². The molecular weight excluding hydrogens is 324 g/mol. The zero-order valence-corrected chi connectivity index (χ0v) is 15.4. The highest BCUT2D eigenvalue weighted by molar-refractivity contribution is 6.56. The molecule has 0 radical (unpaired) electrons. The van der Waals surface area contributed by atoms with Gasteiger partial charge in [-0.2, -0.15) is 0 Å². The van der Waals surface area contributed by atoms with Gasteiger partial charge in [-0.3, -0.25) is 4.79 Å². The van der Waals surface area contributed by atoms with Crippen molar-refractivity contribution in [2.75, 3.05) is 6.54 Å². The van der Waals surface area contributed by atoms with E-state index in [2.05, 4.69) is 5.32 Å². The summed E-state index contributed by atoms with van der Waals surface area (Å²) in [7, 11) is -0.625. The Kier molecular flexibility index (Phi) is 5.71. The van der Waals surface area contributed by atoms with Crippen LogP contribution in [0.5, 0.6) is 0 Å². The average Bonchev–Trinajstić information content (AvgIpc) is 2.73. The second-order valence-corrected chi connectivity index (χ2v) is 7.23. The maximum Gasteiger partial charge on any atom is 0.492 e. The Morgan fingerprint density at radius 1 is 1.28 bits per heavy atom. The van der Waals surface area contributed by atoms with Gasteiger partial charge in [0.05, 0.1) is 17.8 Å².